The first-order chi connectivity index (χ1) is 10.7. The predicted octanol–water partition coefficient (Wildman–Crippen LogP) is 3.74. The van der Waals surface area contributed by atoms with E-state index in [-0.39, 0.29) is 12.8 Å². The summed E-state index contributed by atoms with van der Waals surface area (Å²) in [4.78, 5) is 10.7. The number of carboxylic acid groups (broad SMARTS) is 1. The minimum Gasteiger partial charge on any atom is -0.481 e. The van der Waals surface area contributed by atoms with Crippen LogP contribution in [0, 0.1) is 0 Å². The Morgan fingerprint density at radius 1 is 1.18 bits per heavy atom. The minimum atomic E-state index is -0.910. The fraction of sp³-hybridized carbons (Fsp3) is 0.412. The molecule has 0 saturated heterocycles. The van der Waals surface area contributed by atoms with E-state index in [0.29, 0.717) is 11.3 Å². The number of fused-ring (bicyclic) bond motifs is 3. The zero-order valence-electron chi connectivity index (χ0n) is 12.3. The van der Waals surface area contributed by atoms with Crippen LogP contribution in [0.4, 0.5) is 0 Å². The van der Waals surface area contributed by atoms with Crippen molar-refractivity contribution in [3.63, 3.8) is 0 Å². The number of carboxylic acids is 1. The van der Waals surface area contributed by atoms with E-state index in [1.807, 2.05) is 18.2 Å². The Labute approximate surface area is 128 Å². The summed E-state index contributed by atoms with van der Waals surface area (Å²) in [6.07, 6.45) is 5.72. The SMILES string of the molecule is O=C(O)CC/C(=N/O)c1ccc2c3c(oc2c1)CCCCC3. The molecule has 1 aromatic carbocycles. The van der Waals surface area contributed by atoms with Gasteiger partial charge in [-0.05, 0) is 25.3 Å². The highest BCUT2D eigenvalue weighted by molar-refractivity contribution is 6.03. The van der Waals surface area contributed by atoms with Gasteiger partial charge in [-0.15, -0.1) is 0 Å². The molecule has 0 amide bonds. The van der Waals surface area contributed by atoms with Crippen molar-refractivity contribution < 1.29 is 19.5 Å². The second kappa shape index (κ2) is 6.22. The fourth-order valence-electron chi connectivity index (χ4n) is 3.10. The second-order valence-electron chi connectivity index (χ2n) is 5.72. The molecule has 1 aliphatic carbocycles. The van der Waals surface area contributed by atoms with Crippen LogP contribution in [0.2, 0.25) is 0 Å². The molecule has 5 nitrogen and oxygen atoms in total. The van der Waals surface area contributed by atoms with Crippen LogP contribution in [0.5, 0.6) is 0 Å². The van der Waals surface area contributed by atoms with E-state index >= 15 is 0 Å². The molecule has 1 aromatic heterocycles. The van der Waals surface area contributed by atoms with Gasteiger partial charge in [-0.2, -0.15) is 0 Å². The van der Waals surface area contributed by atoms with E-state index in [0.717, 1.165) is 36.0 Å². The molecule has 1 aliphatic rings. The number of furan rings is 1. The van der Waals surface area contributed by atoms with Gasteiger partial charge in [0, 0.05) is 29.4 Å². The maximum absolute atomic E-state index is 10.7. The number of hydrogen-bond acceptors (Lipinski definition) is 4. The average Bonchev–Trinajstić information content (AvgIpc) is 2.68. The first-order valence-corrected chi connectivity index (χ1v) is 7.66. The lowest BCUT2D eigenvalue weighted by Gasteiger charge is -2.03. The van der Waals surface area contributed by atoms with Gasteiger partial charge in [0.25, 0.3) is 0 Å². The number of hydrogen-bond donors (Lipinski definition) is 2. The quantitative estimate of drug-likeness (QED) is 0.390. The molecular weight excluding hydrogens is 282 g/mol. The molecule has 22 heavy (non-hydrogen) atoms. The van der Waals surface area contributed by atoms with Gasteiger partial charge in [0.15, 0.2) is 0 Å². The van der Waals surface area contributed by atoms with Gasteiger partial charge < -0.3 is 14.7 Å². The highest BCUT2D eigenvalue weighted by Gasteiger charge is 2.17. The van der Waals surface area contributed by atoms with Gasteiger partial charge >= 0.3 is 5.97 Å². The molecule has 0 fully saturated rings. The summed E-state index contributed by atoms with van der Waals surface area (Å²) in [7, 11) is 0. The molecule has 2 N–H and O–H groups in total. The largest absolute Gasteiger partial charge is 0.481 e. The first-order valence-electron chi connectivity index (χ1n) is 7.66. The highest BCUT2D eigenvalue weighted by atomic mass is 16.4. The van der Waals surface area contributed by atoms with E-state index < -0.39 is 5.97 Å². The molecule has 116 valence electrons. The molecule has 0 atom stereocenters. The van der Waals surface area contributed by atoms with Crippen molar-refractivity contribution in [1.29, 1.82) is 0 Å². The zero-order chi connectivity index (χ0) is 15.5. The third kappa shape index (κ3) is 2.84. The summed E-state index contributed by atoms with van der Waals surface area (Å²) >= 11 is 0. The third-order valence-electron chi connectivity index (χ3n) is 4.24. The van der Waals surface area contributed by atoms with Gasteiger partial charge in [0.1, 0.15) is 11.3 Å². The Bertz CT molecular complexity index is 730. The van der Waals surface area contributed by atoms with E-state index in [9.17, 15) is 4.79 Å². The van der Waals surface area contributed by atoms with Gasteiger partial charge in [-0.3, -0.25) is 4.79 Å². The normalized spacial score (nSPS) is 15.5. The van der Waals surface area contributed by atoms with E-state index in [1.54, 1.807) is 0 Å². The van der Waals surface area contributed by atoms with Crippen LogP contribution in [0.1, 0.15) is 49.0 Å². The third-order valence-corrected chi connectivity index (χ3v) is 4.24. The lowest BCUT2D eigenvalue weighted by atomic mass is 10.0. The van der Waals surface area contributed by atoms with Crippen molar-refractivity contribution in [3.05, 3.63) is 35.1 Å². The fourth-order valence-corrected chi connectivity index (χ4v) is 3.10. The number of aliphatic carboxylic acids is 1. The molecule has 5 heteroatoms. The molecule has 0 bridgehead atoms. The van der Waals surface area contributed by atoms with Gasteiger partial charge in [-0.25, -0.2) is 0 Å². The number of benzene rings is 1. The Hall–Kier alpha value is -2.30. The summed E-state index contributed by atoms with van der Waals surface area (Å²) in [6, 6.07) is 5.71. The van der Waals surface area contributed by atoms with Crippen molar-refractivity contribution in [3.8, 4) is 0 Å². The molecule has 0 unspecified atom stereocenters. The van der Waals surface area contributed by atoms with Crippen LogP contribution >= 0.6 is 0 Å². The molecule has 0 radical (unpaired) electrons. The predicted molar refractivity (Wildman–Crippen MR) is 82.7 cm³/mol. The molecule has 0 spiro atoms. The topological polar surface area (TPSA) is 83.0 Å². The first kappa shape index (κ1) is 14.6. The van der Waals surface area contributed by atoms with Gasteiger partial charge in [0.05, 0.1) is 12.1 Å². The monoisotopic (exact) mass is 301 g/mol. The van der Waals surface area contributed by atoms with E-state index in [4.69, 9.17) is 14.7 Å². The van der Waals surface area contributed by atoms with Crippen molar-refractivity contribution >= 4 is 22.7 Å². The molecule has 0 aliphatic heterocycles. The number of oxime groups is 1. The van der Waals surface area contributed by atoms with Crippen LogP contribution in [0.15, 0.2) is 27.8 Å². The summed E-state index contributed by atoms with van der Waals surface area (Å²) < 4.78 is 5.98. The van der Waals surface area contributed by atoms with Crippen LogP contribution in [-0.4, -0.2) is 22.0 Å². The molecule has 3 rings (SSSR count). The minimum absolute atomic E-state index is 0.0634. The summed E-state index contributed by atoms with van der Waals surface area (Å²) in [5, 5.41) is 22.3. The highest BCUT2D eigenvalue weighted by Crippen LogP contribution is 2.32. The maximum Gasteiger partial charge on any atom is 0.303 e. The number of nitrogens with zero attached hydrogens (tertiary/aromatic N) is 1. The Morgan fingerprint density at radius 3 is 2.77 bits per heavy atom. The van der Waals surface area contributed by atoms with Crippen LogP contribution in [0.3, 0.4) is 0 Å². The molecule has 0 saturated carbocycles. The smallest absolute Gasteiger partial charge is 0.303 e. The Balaban J connectivity index is 1.94. The lowest BCUT2D eigenvalue weighted by Crippen LogP contribution is -2.05. The van der Waals surface area contributed by atoms with Crippen molar-refractivity contribution in [2.75, 3.05) is 0 Å². The van der Waals surface area contributed by atoms with Crippen molar-refractivity contribution in [2.45, 2.75) is 44.9 Å². The second-order valence-corrected chi connectivity index (χ2v) is 5.72. The van der Waals surface area contributed by atoms with Crippen LogP contribution in [-0.2, 0) is 17.6 Å². The zero-order valence-corrected chi connectivity index (χ0v) is 12.3. The Kier molecular flexibility index (Phi) is 4.13. The summed E-state index contributed by atoms with van der Waals surface area (Å²) in [6.45, 7) is 0. The average molecular weight is 301 g/mol. The van der Waals surface area contributed by atoms with Crippen LogP contribution < -0.4 is 0 Å². The molecular formula is C17H19NO4. The standard InChI is InChI=1S/C17H19NO4/c19-17(20)9-8-14(18-21)11-6-7-13-12-4-2-1-3-5-15(12)22-16(13)10-11/h6-7,10,21H,1-5,8-9H2,(H,19,20)/b18-14-. The Morgan fingerprint density at radius 2 is 2.00 bits per heavy atom. The summed E-state index contributed by atoms with van der Waals surface area (Å²) in [5.41, 5.74) is 3.17. The lowest BCUT2D eigenvalue weighted by molar-refractivity contribution is -0.136. The number of rotatable bonds is 4. The van der Waals surface area contributed by atoms with E-state index in [1.165, 1.54) is 18.4 Å². The molecule has 1 heterocycles. The van der Waals surface area contributed by atoms with Crippen LogP contribution in [0.25, 0.3) is 11.0 Å². The summed E-state index contributed by atoms with van der Waals surface area (Å²) in [5.74, 6) is 0.157. The number of carbonyl (C=O) groups is 1. The van der Waals surface area contributed by atoms with Gasteiger partial charge in [0.2, 0.25) is 0 Å². The molecule has 2 aromatic rings. The van der Waals surface area contributed by atoms with Gasteiger partial charge in [-0.1, -0.05) is 23.7 Å². The van der Waals surface area contributed by atoms with Crippen molar-refractivity contribution in [1.82, 2.24) is 0 Å². The van der Waals surface area contributed by atoms with Crippen molar-refractivity contribution in [2.24, 2.45) is 5.16 Å². The van der Waals surface area contributed by atoms with E-state index in [2.05, 4.69) is 5.16 Å². The number of aryl methyl sites for hydroxylation is 2. The maximum atomic E-state index is 10.7.